The zero-order valence-corrected chi connectivity index (χ0v) is 18.3. The first-order valence-electron chi connectivity index (χ1n) is 9.84. The minimum Gasteiger partial charge on any atom is -0.480 e. The van der Waals surface area contributed by atoms with Crippen molar-refractivity contribution in [3.8, 4) is 0 Å². The average Bonchev–Trinajstić information content (AvgIpc) is 3.17. The summed E-state index contributed by atoms with van der Waals surface area (Å²) in [6, 6.07) is 2.80. The summed E-state index contributed by atoms with van der Waals surface area (Å²) in [6.07, 6.45) is 1.84. The summed E-state index contributed by atoms with van der Waals surface area (Å²) in [4.78, 5) is 51.7. The number of hydrogen-bond acceptors (Lipinski definition) is 7. The number of aliphatic hydroxyl groups excluding tert-OH is 1. The van der Waals surface area contributed by atoms with Crippen molar-refractivity contribution < 1.29 is 29.4 Å². The molecule has 0 spiro atoms. The third kappa shape index (κ3) is 6.45. The minimum atomic E-state index is -1.53. The Kier molecular flexibility index (Phi) is 9.05. The molecule has 0 aliphatic heterocycles. The van der Waals surface area contributed by atoms with Gasteiger partial charge in [0.1, 0.15) is 18.1 Å². The first kappa shape index (κ1) is 25.2. The number of aromatic amines is 1. The number of carboxylic acid groups (broad SMARTS) is 1. The molecule has 174 valence electrons. The Morgan fingerprint density at radius 3 is 2.22 bits per heavy atom. The van der Waals surface area contributed by atoms with Crippen LogP contribution in [0.4, 0.5) is 0 Å². The molecule has 4 unspecified atom stereocenters. The van der Waals surface area contributed by atoms with Crippen molar-refractivity contribution in [2.45, 2.75) is 37.5 Å². The first-order valence-corrected chi connectivity index (χ1v) is 10.5. The zero-order valence-electron chi connectivity index (χ0n) is 17.4. The largest absolute Gasteiger partial charge is 0.480 e. The quantitative estimate of drug-likeness (QED) is 0.186. The molecule has 3 amide bonds. The van der Waals surface area contributed by atoms with Crippen molar-refractivity contribution in [2.75, 3.05) is 12.4 Å². The molecule has 4 atom stereocenters. The molecule has 0 aliphatic rings. The molecule has 1 heterocycles. The van der Waals surface area contributed by atoms with E-state index in [2.05, 4.69) is 33.6 Å². The van der Waals surface area contributed by atoms with Crippen LogP contribution in [0.15, 0.2) is 30.5 Å². The number of hydrogen-bond donors (Lipinski definition) is 8. The van der Waals surface area contributed by atoms with E-state index in [9.17, 15) is 19.2 Å². The highest BCUT2D eigenvalue weighted by atomic mass is 32.1. The lowest BCUT2D eigenvalue weighted by Crippen LogP contribution is -2.58. The van der Waals surface area contributed by atoms with E-state index in [1.165, 1.54) is 6.92 Å². The smallest absolute Gasteiger partial charge is 0.328 e. The number of aromatic nitrogens is 1. The fraction of sp³-hybridized carbons (Fsp3) is 0.400. The van der Waals surface area contributed by atoms with Crippen LogP contribution in [0.1, 0.15) is 12.5 Å². The van der Waals surface area contributed by atoms with Gasteiger partial charge in [-0.15, -0.1) is 0 Å². The Morgan fingerprint density at radius 2 is 1.62 bits per heavy atom. The van der Waals surface area contributed by atoms with Gasteiger partial charge >= 0.3 is 5.97 Å². The summed E-state index contributed by atoms with van der Waals surface area (Å²) in [5.41, 5.74) is 7.24. The molecule has 0 bridgehead atoms. The monoisotopic (exact) mass is 465 g/mol. The molecular formula is C20H27N5O6S. The van der Waals surface area contributed by atoms with Crippen molar-refractivity contribution in [1.82, 2.24) is 20.9 Å². The van der Waals surface area contributed by atoms with Gasteiger partial charge in [-0.25, -0.2) is 4.79 Å². The van der Waals surface area contributed by atoms with Crippen LogP contribution in [0.5, 0.6) is 0 Å². The van der Waals surface area contributed by atoms with Gasteiger partial charge in [0.05, 0.1) is 12.6 Å². The lowest BCUT2D eigenvalue weighted by Gasteiger charge is -2.23. The van der Waals surface area contributed by atoms with Gasteiger partial charge in [-0.05, 0) is 18.6 Å². The summed E-state index contributed by atoms with van der Waals surface area (Å²) in [7, 11) is 0. The summed E-state index contributed by atoms with van der Waals surface area (Å²) < 4.78 is 0. The van der Waals surface area contributed by atoms with Crippen LogP contribution in [-0.4, -0.2) is 75.4 Å². The van der Waals surface area contributed by atoms with Gasteiger partial charge < -0.3 is 36.9 Å². The molecule has 1 aromatic heterocycles. The Morgan fingerprint density at radius 1 is 1.03 bits per heavy atom. The Bertz CT molecular complexity index is 978. The second-order valence-corrected chi connectivity index (χ2v) is 7.60. The van der Waals surface area contributed by atoms with Crippen LogP contribution in [0.3, 0.4) is 0 Å². The molecule has 0 radical (unpaired) electrons. The van der Waals surface area contributed by atoms with E-state index in [0.29, 0.717) is 0 Å². The van der Waals surface area contributed by atoms with Crippen LogP contribution in [0, 0.1) is 0 Å². The third-order valence-corrected chi connectivity index (χ3v) is 5.12. The van der Waals surface area contributed by atoms with E-state index in [1.807, 2.05) is 24.3 Å². The second kappa shape index (κ2) is 11.5. The van der Waals surface area contributed by atoms with Crippen LogP contribution >= 0.6 is 12.6 Å². The van der Waals surface area contributed by atoms with Crippen molar-refractivity contribution in [1.29, 1.82) is 0 Å². The number of nitrogens with two attached hydrogens (primary N) is 1. The third-order valence-electron chi connectivity index (χ3n) is 4.76. The highest BCUT2D eigenvalue weighted by Gasteiger charge is 2.29. The van der Waals surface area contributed by atoms with Crippen molar-refractivity contribution in [3.05, 3.63) is 36.0 Å². The van der Waals surface area contributed by atoms with E-state index < -0.39 is 54.5 Å². The fourth-order valence-electron chi connectivity index (χ4n) is 2.96. The van der Waals surface area contributed by atoms with Crippen LogP contribution in [-0.2, 0) is 25.6 Å². The number of fused-ring (bicyclic) bond motifs is 1. The number of aliphatic carboxylic acids is 1. The highest BCUT2D eigenvalue weighted by Crippen LogP contribution is 2.19. The molecule has 11 nitrogen and oxygen atoms in total. The molecule has 2 rings (SSSR count). The predicted octanol–water partition coefficient (Wildman–Crippen LogP) is -1.48. The van der Waals surface area contributed by atoms with Crippen molar-refractivity contribution in [2.24, 2.45) is 5.73 Å². The number of nitrogens with one attached hydrogen (secondary N) is 4. The average molecular weight is 466 g/mol. The minimum absolute atomic E-state index is 0.115. The number of H-pyrrole nitrogens is 1. The standard InChI is InChI=1S/C20H27N5O6S/c1-10(21)17(27)23-14(6-11-7-22-13-5-3-2-4-12(11)13)18(28)25-16(9-32)19(29)24-15(8-26)20(30)31/h2-5,7,10,14-16,22,26,32H,6,8-9,21H2,1H3,(H,23,27)(H,24,29)(H,25,28)(H,30,31). The number of carboxylic acids is 1. The number of thiol groups is 1. The molecule has 0 fully saturated rings. The molecule has 2 aromatic rings. The van der Waals surface area contributed by atoms with Gasteiger partial charge in [0, 0.05) is 29.3 Å². The molecule has 0 aliphatic carbocycles. The van der Waals surface area contributed by atoms with Crippen LogP contribution < -0.4 is 21.7 Å². The van der Waals surface area contributed by atoms with Gasteiger partial charge in [-0.1, -0.05) is 18.2 Å². The normalized spacial score (nSPS) is 14.8. The molecule has 0 saturated heterocycles. The van der Waals surface area contributed by atoms with Crippen molar-refractivity contribution >= 4 is 47.2 Å². The van der Waals surface area contributed by atoms with Gasteiger partial charge in [0.25, 0.3) is 0 Å². The number of para-hydroxylation sites is 1. The predicted molar refractivity (Wildman–Crippen MR) is 120 cm³/mol. The van der Waals surface area contributed by atoms with E-state index in [0.717, 1.165) is 16.5 Å². The number of benzene rings is 1. The molecule has 0 saturated carbocycles. The maximum atomic E-state index is 13.0. The second-order valence-electron chi connectivity index (χ2n) is 7.24. The maximum absolute atomic E-state index is 13.0. The summed E-state index contributed by atoms with van der Waals surface area (Å²) in [5.74, 6) is -3.63. The zero-order chi connectivity index (χ0) is 23.8. The van der Waals surface area contributed by atoms with E-state index in [1.54, 1.807) is 6.20 Å². The molecule has 12 heteroatoms. The Hall–Kier alpha value is -3.09. The Labute approximate surface area is 189 Å². The fourth-order valence-corrected chi connectivity index (χ4v) is 3.21. The molecule has 8 N–H and O–H groups in total. The molecular weight excluding hydrogens is 438 g/mol. The highest BCUT2D eigenvalue weighted by molar-refractivity contribution is 7.80. The van der Waals surface area contributed by atoms with Gasteiger partial charge in [0.2, 0.25) is 17.7 Å². The first-order chi connectivity index (χ1) is 15.2. The topological polar surface area (TPSA) is 187 Å². The van der Waals surface area contributed by atoms with Crippen LogP contribution in [0.25, 0.3) is 10.9 Å². The lowest BCUT2D eigenvalue weighted by atomic mass is 10.0. The van der Waals surface area contributed by atoms with E-state index in [-0.39, 0.29) is 12.2 Å². The number of amides is 3. The number of aliphatic hydroxyl groups is 1. The maximum Gasteiger partial charge on any atom is 0.328 e. The van der Waals surface area contributed by atoms with Crippen molar-refractivity contribution in [3.63, 3.8) is 0 Å². The van der Waals surface area contributed by atoms with Gasteiger partial charge in [-0.2, -0.15) is 12.6 Å². The van der Waals surface area contributed by atoms with Gasteiger partial charge in [-0.3, -0.25) is 14.4 Å². The van der Waals surface area contributed by atoms with E-state index >= 15 is 0 Å². The summed E-state index contributed by atoms with van der Waals surface area (Å²) >= 11 is 4.04. The lowest BCUT2D eigenvalue weighted by molar-refractivity contribution is -0.143. The summed E-state index contributed by atoms with van der Waals surface area (Å²) in [6.45, 7) is 0.656. The van der Waals surface area contributed by atoms with Gasteiger partial charge in [0.15, 0.2) is 0 Å². The molecule has 1 aromatic carbocycles. The molecule has 32 heavy (non-hydrogen) atoms. The van der Waals surface area contributed by atoms with Crippen LogP contribution in [0.2, 0.25) is 0 Å². The number of carbonyl (C=O) groups excluding carboxylic acids is 3. The van der Waals surface area contributed by atoms with E-state index in [4.69, 9.17) is 15.9 Å². The SMILES string of the molecule is CC(N)C(=O)NC(Cc1c[nH]c2ccccc12)C(=O)NC(CS)C(=O)NC(CO)C(=O)O. The Balaban J connectivity index is 2.20. The number of carbonyl (C=O) groups is 4. The number of rotatable bonds is 11. The summed E-state index contributed by atoms with van der Waals surface area (Å²) in [5, 5.41) is 26.1.